The van der Waals surface area contributed by atoms with E-state index < -0.39 is 14.9 Å². The standard InChI is InChI=1S/C11H12O3S.K/c1-11(15(12,13)14)8-4-6-9-5-2-3-7-10(9)11;/h2-7H,8H2,1H3,(H,12,13,14);/q;+1/p-1. The van der Waals surface area contributed by atoms with Crippen LogP contribution in [0.5, 0.6) is 0 Å². The normalized spacial score (nSPS) is 23.4. The topological polar surface area (TPSA) is 57.2 Å². The fourth-order valence-electron chi connectivity index (χ4n) is 1.88. The second-order valence-electron chi connectivity index (χ2n) is 3.88. The van der Waals surface area contributed by atoms with Crippen molar-refractivity contribution in [2.24, 2.45) is 0 Å². The third-order valence-corrected chi connectivity index (χ3v) is 4.38. The van der Waals surface area contributed by atoms with Crippen molar-refractivity contribution >= 4 is 16.2 Å². The van der Waals surface area contributed by atoms with Crippen LogP contribution in [0.1, 0.15) is 24.5 Å². The molecule has 0 amide bonds. The molecule has 1 atom stereocenters. The van der Waals surface area contributed by atoms with Gasteiger partial charge in [0.25, 0.3) is 0 Å². The molecule has 1 aliphatic carbocycles. The maximum Gasteiger partial charge on any atom is 1.00 e. The van der Waals surface area contributed by atoms with Gasteiger partial charge in [-0.25, -0.2) is 8.42 Å². The van der Waals surface area contributed by atoms with Gasteiger partial charge in [-0.1, -0.05) is 36.4 Å². The zero-order valence-electron chi connectivity index (χ0n) is 9.30. The van der Waals surface area contributed by atoms with Gasteiger partial charge in [0.2, 0.25) is 0 Å². The summed E-state index contributed by atoms with van der Waals surface area (Å²) in [6.07, 6.45) is 3.83. The van der Waals surface area contributed by atoms with E-state index in [9.17, 15) is 13.0 Å². The van der Waals surface area contributed by atoms with E-state index in [1.54, 1.807) is 18.2 Å². The summed E-state index contributed by atoms with van der Waals surface area (Å²) in [4.78, 5) is 0. The van der Waals surface area contributed by atoms with Gasteiger partial charge in [0.1, 0.15) is 10.1 Å². The van der Waals surface area contributed by atoms with Crippen LogP contribution in [-0.2, 0) is 14.9 Å². The maximum absolute atomic E-state index is 11.3. The Hall–Kier alpha value is 0.506. The molecule has 5 heteroatoms. The molecule has 0 aliphatic heterocycles. The van der Waals surface area contributed by atoms with Crippen molar-refractivity contribution in [3.05, 3.63) is 41.5 Å². The maximum atomic E-state index is 11.3. The van der Waals surface area contributed by atoms with Gasteiger partial charge in [-0.15, -0.1) is 0 Å². The molecule has 0 radical (unpaired) electrons. The van der Waals surface area contributed by atoms with Gasteiger partial charge in [0.15, 0.2) is 0 Å². The first-order valence-electron chi connectivity index (χ1n) is 4.67. The Labute approximate surface area is 138 Å². The molecule has 0 saturated carbocycles. The van der Waals surface area contributed by atoms with Gasteiger partial charge in [-0.05, 0) is 24.5 Å². The number of benzene rings is 1. The fourth-order valence-corrected chi connectivity index (χ4v) is 2.64. The molecule has 0 aromatic heterocycles. The molecule has 0 fully saturated rings. The third kappa shape index (κ3) is 2.36. The minimum atomic E-state index is -4.34. The van der Waals surface area contributed by atoms with Crippen molar-refractivity contribution in [2.75, 3.05) is 0 Å². The average molecular weight is 262 g/mol. The summed E-state index contributed by atoms with van der Waals surface area (Å²) in [6.45, 7) is 1.48. The van der Waals surface area contributed by atoms with E-state index in [0.29, 0.717) is 5.56 Å². The van der Waals surface area contributed by atoms with Gasteiger partial charge in [-0.2, -0.15) is 0 Å². The summed E-state index contributed by atoms with van der Waals surface area (Å²) in [5.74, 6) is 0. The van der Waals surface area contributed by atoms with Crippen LogP contribution in [-0.4, -0.2) is 13.0 Å². The summed E-state index contributed by atoms with van der Waals surface area (Å²) in [5.41, 5.74) is 1.41. The Morgan fingerprint density at radius 3 is 2.56 bits per heavy atom. The number of hydrogen-bond donors (Lipinski definition) is 0. The molecular formula is C11H11KO3S. The van der Waals surface area contributed by atoms with Crippen molar-refractivity contribution < 1.29 is 64.4 Å². The number of fused-ring (bicyclic) bond motifs is 1. The number of allylic oxidation sites excluding steroid dienone is 1. The molecule has 0 N–H and O–H groups in total. The molecule has 2 rings (SSSR count). The van der Waals surface area contributed by atoms with E-state index in [4.69, 9.17) is 0 Å². The Balaban J connectivity index is 0.00000128. The molecule has 1 aromatic rings. The van der Waals surface area contributed by atoms with E-state index in [0.717, 1.165) is 5.56 Å². The summed E-state index contributed by atoms with van der Waals surface area (Å²) in [5, 5.41) is 0. The van der Waals surface area contributed by atoms with Crippen LogP contribution in [0.3, 0.4) is 0 Å². The molecular weight excluding hydrogens is 251 g/mol. The van der Waals surface area contributed by atoms with E-state index >= 15 is 0 Å². The smallest absolute Gasteiger partial charge is 0.747 e. The first-order valence-corrected chi connectivity index (χ1v) is 6.07. The minimum Gasteiger partial charge on any atom is -0.747 e. The summed E-state index contributed by atoms with van der Waals surface area (Å²) in [6, 6.07) is 7.09. The van der Waals surface area contributed by atoms with Gasteiger partial charge < -0.3 is 4.55 Å². The van der Waals surface area contributed by atoms with Crippen molar-refractivity contribution in [2.45, 2.75) is 18.1 Å². The molecule has 0 bridgehead atoms. The van der Waals surface area contributed by atoms with E-state index in [1.807, 2.05) is 18.2 Å². The predicted octanol–water partition coefficient (Wildman–Crippen LogP) is -1.13. The minimum absolute atomic E-state index is 0. The molecule has 0 saturated heterocycles. The second-order valence-corrected chi connectivity index (χ2v) is 5.69. The quantitative estimate of drug-likeness (QED) is 0.475. The SMILES string of the molecule is CC1(S(=O)(=O)[O-])CC=Cc2ccccc21.[K+]. The van der Waals surface area contributed by atoms with Crippen LogP contribution in [0.15, 0.2) is 30.3 Å². The van der Waals surface area contributed by atoms with Crippen molar-refractivity contribution in [1.29, 1.82) is 0 Å². The van der Waals surface area contributed by atoms with Crippen molar-refractivity contribution in [3.63, 3.8) is 0 Å². The van der Waals surface area contributed by atoms with Crippen LogP contribution in [0.25, 0.3) is 6.08 Å². The Morgan fingerprint density at radius 1 is 1.31 bits per heavy atom. The molecule has 3 nitrogen and oxygen atoms in total. The van der Waals surface area contributed by atoms with Crippen LogP contribution >= 0.6 is 0 Å². The van der Waals surface area contributed by atoms with Crippen LogP contribution in [0.2, 0.25) is 0 Å². The van der Waals surface area contributed by atoms with Crippen LogP contribution < -0.4 is 51.4 Å². The zero-order valence-corrected chi connectivity index (χ0v) is 13.2. The Morgan fingerprint density at radius 2 is 1.94 bits per heavy atom. The molecule has 1 unspecified atom stereocenters. The molecule has 0 spiro atoms. The average Bonchev–Trinajstić information content (AvgIpc) is 2.17. The zero-order chi connectivity index (χ0) is 11.1. The monoisotopic (exact) mass is 262 g/mol. The van der Waals surface area contributed by atoms with E-state index in [-0.39, 0.29) is 57.8 Å². The molecule has 80 valence electrons. The molecule has 0 heterocycles. The fraction of sp³-hybridized carbons (Fsp3) is 0.273. The third-order valence-electron chi connectivity index (χ3n) is 2.89. The van der Waals surface area contributed by atoms with Crippen LogP contribution in [0.4, 0.5) is 0 Å². The van der Waals surface area contributed by atoms with Gasteiger partial charge >= 0.3 is 51.4 Å². The van der Waals surface area contributed by atoms with Gasteiger partial charge in [0, 0.05) is 0 Å². The predicted molar refractivity (Wildman–Crippen MR) is 57.1 cm³/mol. The molecule has 16 heavy (non-hydrogen) atoms. The van der Waals surface area contributed by atoms with Gasteiger partial charge in [0.05, 0.1) is 4.75 Å². The molecule has 1 aromatic carbocycles. The Bertz CT molecular complexity index is 522. The number of rotatable bonds is 1. The van der Waals surface area contributed by atoms with Crippen molar-refractivity contribution in [3.8, 4) is 0 Å². The molecule has 1 aliphatic rings. The van der Waals surface area contributed by atoms with E-state index in [1.165, 1.54) is 6.92 Å². The van der Waals surface area contributed by atoms with Crippen LogP contribution in [0, 0.1) is 0 Å². The van der Waals surface area contributed by atoms with Crippen molar-refractivity contribution in [1.82, 2.24) is 0 Å². The second kappa shape index (κ2) is 5.02. The summed E-state index contributed by atoms with van der Waals surface area (Å²) >= 11 is 0. The van der Waals surface area contributed by atoms with E-state index in [2.05, 4.69) is 0 Å². The Kier molecular flexibility index (Phi) is 4.57. The largest absolute Gasteiger partial charge is 1.00 e. The first kappa shape index (κ1) is 14.6. The first-order chi connectivity index (χ1) is 6.95. The number of hydrogen-bond acceptors (Lipinski definition) is 3. The summed E-state index contributed by atoms with van der Waals surface area (Å²) < 4.78 is 32.5. The summed E-state index contributed by atoms with van der Waals surface area (Å²) in [7, 11) is -4.34. The van der Waals surface area contributed by atoms with Gasteiger partial charge in [-0.3, -0.25) is 0 Å².